The summed E-state index contributed by atoms with van der Waals surface area (Å²) in [5.74, 6) is -1.02. The Hall–Kier alpha value is -2.35. The Morgan fingerprint density at radius 2 is 1.65 bits per heavy atom. The highest BCUT2D eigenvalue weighted by Gasteiger charge is 2.17. The van der Waals surface area contributed by atoms with Gasteiger partial charge < -0.3 is 5.11 Å². The van der Waals surface area contributed by atoms with Crippen molar-refractivity contribution in [2.24, 2.45) is 0 Å². The van der Waals surface area contributed by atoms with Crippen LogP contribution in [0.15, 0.2) is 60.2 Å². The summed E-state index contributed by atoms with van der Waals surface area (Å²) in [6.07, 6.45) is 1.74. The van der Waals surface area contributed by atoms with E-state index in [2.05, 4.69) is 0 Å². The molecule has 2 nitrogen and oxygen atoms in total. The van der Waals surface area contributed by atoms with E-state index in [9.17, 15) is 9.90 Å². The van der Waals surface area contributed by atoms with Crippen LogP contribution < -0.4 is 0 Å². The van der Waals surface area contributed by atoms with E-state index in [0.717, 1.165) is 11.1 Å². The summed E-state index contributed by atoms with van der Waals surface area (Å²) in [5.41, 5.74) is 3.49. The van der Waals surface area contributed by atoms with E-state index < -0.39 is 5.97 Å². The van der Waals surface area contributed by atoms with Gasteiger partial charge in [-0.05, 0) is 24.1 Å². The van der Waals surface area contributed by atoms with Crippen LogP contribution in [0.2, 0.25) is 0 Å². The molecule has 1 unspecified atom stereocenters. The van der Waals surface area contributed by atoms with Crippen LogP contribution in [0.1, 0.15) is 29.5 Å². The first kappa shape index (κ1) is 14.1. The molecule has 0 saturated carbocycles. The molecule has 2 rings (SSSR count). The van der Waals surface area contributed by atoms with Gasteiger partial charge in [-0.3, -0.25) is 0 Å². The molecule has 0 aliphatic carbocycles. The average Bonchev–Trinajstić information content (AvgIpc) is 2.45. The molecule has 102 valence electrons. The van der Waals surface area contributed by atoms with Crippen LogP contribution in [-0.2, 0) is 4.79 Å². The molecule has 0 radical (unpaired) electrons. The Morgan fingerprint density at radius 1 is 1.05 bits per heavy atom. The smallest absolute Gasteiger partial charge is 0.332 e. The molecule has 0 spiro atoms. The van der Waals surface area contributed by atoms with Gasteiger partial charge in [0.15, 0.2) is 0 Å². The van der Waals surface area contributed by atoms with Gasteiger partial charge >= 0.3 is 5.97 Å². The first-order chi connectivity index (χ1) is 9.58. The number of benzene rings is 2. The van der Waals surface area contributed by atoms with Crippen LogP contribution in [0.5, 0.6) is 0 Å². The van der Waals surface area contributed by atoms with Gasteiger partial charge in [-0.25, -0.2) is 4.79 Å². The highest BCUT2D eigenvalue weighted by atomic mass is 16.4. The maximum atomic E-state index is 11.5. The van der Waals surface area contributed by atoms with E-state index >= 15 is 0 Å². The van der Waals surface area contributed by atoms with Crippen molar-refractivity contribution in [1.82, 2.24) is 0 Å². The van der Waals surface area contributed by atoms with Gasteiger partial charge in [0.05, 0.1) is 0 Å². The first-order valence-corrected chi connectivity index (χ1v) is 6.64. The molecule has 1 N–H and O–H groups in total. The molecule has 0 saturated heterocycles. The summed E-state index contributed by atoms with van der Waals surface area (Å²) in [4.78, 5) is 11.5. The minimum absolute atomic E-state index is 0.145. The second kappa shape index (κ2) is 6.20. The molecule has 0 fully saturated rings. The van der Waals surface area contributed by atoms with Crippen LogP contribution in [0.4, 0.5) is 0 Å². The van der Waals surface area contributed by atoms with Crippen LogP contribution in [0.3, 0.4) is 0 Å². The minimum atomic E-state index is -0.873. The van der Waals surface area contributed by atoms with E-state index in [1.807, 2.05) is 68.4 Å². The third kappa shape index (κ3) is 3.35. The van der Waals surface area contributed by atoms with Crippen molar-refractivity contribution in [3.8, 4) is 0 Å². The van der Waals surface area contributed by atoms with E-state index in [4.69, 9.17) is 0 Å². The summed E-state index contributed by atoms with van der Waals surface area (Å²) < 4.78 is 0. The molecule has 1 atom stereocenters. The topological polar surface area (TPSA) is 37.3 Å². The summed E-state index contributed by atoms with van der Waals surface area (Å²) in [7, 11) is 0. The third-order valence-corrected chi connectivity index (χ3v) is 3.41. The molecule has 0 aliphatic heterocycles. The highest BCUT2D eigenvalue weighted by molar-refractivity contribution is 5.93. The van der Waals surface area contributed by atoms with Crippen LogP contribution in [0.25, 0.3) is 6.08 Å². The standard InChI is InChI=1S/C18H18O2/c1-13-8-10-16(11-9-13)14(2)17(18(19)20)12-15-6-4-3-5-7-15/h3-12,14H,1-2H3,(H,19,20)/b17-12-. The first-order valence-electron chi connectivity index (χ1n) is 6.64. The zero-order valence-corrected chi connectivity index (χ0v) is 11.7. The van der Waals surface area contributed by atoms with E-state index in [1.54, 1.807) is 6.08 Å². The van der Waals surface area contributed by atoms with E-state index in [1.165, 1.54) is 5.56 Å². The maximum absolute atomic E-state index is 11.5. The van der Waals surface area contributed by atoms with Crippen molar-refractivity contribution < 1.29 is 9.90 Å². The van der Waals surface area contributed by atoms with Crippen LogP contribution in [-0.4, -0.2) is 11.1 Å². The van der Waals surface area contributed by atoms with E-state index in [-0.39, 0.29) is 5.92 Å². The number of carboxylic acids is 1. The van der Waals surface area contributed by atoms with Crippen molar-refractivity contribution >= 4 is 12.0 Å². The molecule has 2 aromatic rings. The molecule has 0 aromatic heterocycles. The predicted molar refractivity (Wildman–Crippen MR) is 81.6 cm³/mol. The second-order valence-corrected chi connectivity index (χ2v) is 4.95. The van der Waals surface area contributed by atoms with Gasteiger partial charge in [0.2, 0.25) is 0 Å². The largest absolute Gasteiger partial charge is 0.478 e. The molecule has 0 bridgehead atoms. The van der Waals surface area contributed by atoms with Gasteiger partial charge in [0.1, 0.15) is 0 Å². The lowest BCUT2D eigenvalue weighted by molar-refractivity contribution is -0.132. The third-order valence-electron chi connectivity index (χ3n) is 3.41. The Balaban J connectivity index is 2.36. The lowest BCUT2D eigenvalue weighted by Gasteiger charge is -2.13. The fourth-order valence-corrected chi connectivity index (χ4v) is 2.14. The number of carbonyl (C=O) groups is 1. The summed E-state index contributed by atoms with van der Waals surface area (Å²) in [6, 6.07) is 17.5. The second-order valence-electron chi connectivity index (χ2n) is 4.95. The van der Waals surface area contributed by atoms with Crippen molar-refractivity contribution in [3.63, 3.8) is 0 Å². The van der Waals surface area contributed by atoms with Gasteiger partial charge in [-0.15, -0.1) is 0 Å². The van der Waals surface area contributed by atoms with Gasteiger partial charge in [0.25, 0.3) is 0 Å². The Morgan fingerprint density at radius 3 is 2.20 bits per heavy atom. The fraction of sp³-hybridized carbons (Fsp3) is 0.167. The SMILES string of the molecule is Cc1ccc(C(C)/C(=C/c2ccccc2)C(=O)O)cc1. The Kier molecular flexibility index (Phi) is 4.36. The monoisotopic (exact) mass is 266 g/mol. The summed E-state index contributed by atoms with van der Waals surface area (Å²) in [6.45, 7) is 3.94. The number of carboxylic acid groups (broad SMARTS) is 1. The lowest BCUT2D eigenvalue weighted by Crippen LogP contribution is -2.08. The fourth-order valence-electron chi connectivity index (χ4n) is 2.14. The van der Waals surface area contributed by atoms with Crippen molar-refractivity contribution in [2.45, 2.75) is 19.8 Å². The zero-order chi connectivity index (χ0) is 14.5. The molecule has 0 aliphatic rings. The molecule has 20 heavy (non-hydrogen) atoms. The molecule has 0 amide bonds. The molecule has 0 heterocycles. The normalized spacial score (nSPS) is 13.0. The lowest BCUT2D eigenvalue weighted by atomic mass is 9.91. The number of aliphatic carboxylic acids is 1. The molecule has 2 heteroatoms. The maximum Gasteiger partial charge on any atom is 0.332 e. The predicted octanol–water partition coefficient (Wildman–Crippen LogP) is 4.27. The number of hydrogen-bond donors (Lipinski definition) is 1. The molecular weight excluding hydrogens is 248 g/mol. The van der Waals surface area contributed by atoms with Crippen LogP contribution in [0, 0.1) is 6.92 Å². The minimum Gasteiger partial charge on any atom is -0.478 e. The van der Waals surface area contributed by atoms with Crippen LogP contribution >= 0.6 is 0 Å². The highest BCUT2D eigenvalue weighted by Crippen LogP contribution is 2.26. The molecule has 2 aromatic carbocycles. The van der Waals surface area contributed by atoms with Crippen molar-refractivity contribution in [1.29, 1.82) is 0 Å². The quantitative estimate of drug-likeness (QED) is 0.839. The zero-order valence-electron chi connectivity index (χ0n) is 11.7. The summed E-state index contributed by atoms with van der Waals surface area (Å²) in [5, 5.41) is 9.45. The van der Waals surface area contributed by atoms with Crippen molar-refractivity contribution in [2.75, 3.05) is 0 Å². The van der Waals surface area contributed by atoms with Crippen molar-refractivity contribution in [3.05, 3.63) is 76.9 Å². The molecular formula is C18H18O2. The van der Waals surface area contributed by atoms with Gasteiger partial charge in [-0.2, -0.15) is 0 Å². The number of hydrogen-bond acceptors (Lipinski definition) is 1. The Labute approximate surface area is 119 Å². The van der Waals surface area contributed by atoms with E-state index in [0.29, 0.717) is 5.57 Å². The summed E-state index contributed by atoms with van der Waals surface area (Å²) >= 11 is 0. The number of rotatable bonds is 4. The average molecular weight is 266 g/mol. The number of aryl methyl sites for hydroxylation is 1. The van der Waals surface area contributed by atoms with Gasteiger partial charge in [0, 0.05) is 11.5 Å². The van der Waals surface area contributed by atoms with Gasteiger partial charge in [-0.1, -0.05) is 67.1 Å². The Bertz CT molecular complexity index is 610.